The fourth-order valence-corrected chi connectivity index (χ4v) is 0. The van der Waals surface area contributed by atoms with Crippen molar-refractivity contribution in [3.63, 3.8) is 0 Å². The SMILES string of the molecule is F[B-](F)(F)F.[C-]#[O+].[C-]#[O+].[C-]#[O+].[C-]#[O+].[C-]#[O+].[C-]#[O+].[CH2+]C#CC.[Co].[Co]. The molecule has 0 aliphatic carbocycles. The molecule has 13 heteroatoms. The molecule has 0 aromatic carbocycles. The number of halogens is 4. The van der Waals surface area contributed by atoms with Gasteiger partial charge in [-0.1, -0.05) is 0 Å². The van der Waals surface area contributed by atoms with Gasteiger partial charge in [0, 0.05) is 33.6 Å². The Morgan fingerprint density at radius 2 is 0.696 bits per heavy atom. The minimum atomic E-state index is -6.00. The number of hydrogen-bond donors (Lipinski definition) is 0. The topological polar surface area (TPSA) is 119 Å². The summed E-state index contributed by atoms with van der Waals surface area (Å²) in [7, 11) is -6.00. The van der Waals surface area contributed by atoms with Crippen LogP contribution in [0.3, 0.4) is 0 Å². The van der Waals surface area contributed by atoms with Crippen molar-refractivity contribution in [2.45, 2.75) is 6.92 Å². The monoisotopic (exact) mass is 426 g/mol. The maximum atomic E-state index is 9.75. The van der Waals surface area contributed by atoms with Crippen LogP contribution in [0.2, 0.25) is 0 Å². The Hall–Kier alpha value is -1.33. The van der Waals surface area contributed by atoms with E-state index < -0.39 is 7.25 Å². The van der Waals surface area contributed by atoms with Crippen LogP contribution in [-0.4, -0.2) is 7.25 Å². The van der Waals surface area contributed by atoms with Crippen LogP contribution in [-0.2, 0) is 61.5 Å². The molecule has 0 saturated carbocycles. The largest absolute Gasteiger partial charge is 0.135 e. The third kappa shape index (κ3) is 65300. The zero-order valence-electron chi connectivity index (χ0n) is 10.9. The molecule has 0 amide bonds. The molecular weight excluding hydrogens is 421 g/mol. The standard InChI is InChI=1S/C4H5.6CO.BF4.2Co/c1-3-4-2;6*1-2;2-1(3,4)5;;/h1H2,2H3;;;;;;;;;/q+1;;;;;;;-1;;. The first-order chi connectivity index (χ1) is 9.91. The molecule has 0 unspecified atom stereocenters. The predicted octanol–water partition coefficient (Wildman–Crippen LogP) is 1.91. The number of hydrogen-bond acceptors (Lipinski definition) is 0. The maximum Gasteiger partial charge on any atom is 0.135 e. The van der Waals surface area contributed by atoms with Crippen LogP contribution in [0.5, 0.6) is 0 Å². The van der Waals surface area contributed by atoms with Crippen molar-refractivity contribution < 1.29 is 78.7 Å². The summed E-state index contributed by atoms with van der Waals surface area (Å²) in [6.07, 6.45) is 0. The van der Waals surface area contributed by atoms with E-state index >= 15 is 0 Å². The molecule has 0 heterocycles. The first-order valence-electron chi connectivity index (χ1n) is 3.20. The van der Waals surface area contributed by atoms with Crippen LogP contribution in [0, 0.1) is 58.7 Å². The molecule has 0 rings (SSSR count). The van der Waals surface area contributed by atoms with Crippen molar-refractivity contribution in [2.75, 3.05) is 0 Å². The molecule has 0 aliphatic heterocycles. The second kappa shape index (κ2) is 180. The molecule has 0 aliphatic rings. The molecule has 0 N–H and O–H groups in total. The third-order valence-electron chi connectivity index (χ3n) is 0.177. The van der Waals surface area contributed by atoms with Gasteiger partial charge >= 0.3 is 75.1 Å². The molecule has 130 valence electrons. The quantitative estimate of drug-likeness (QED) is 0.185. The Morgan fingerprint density at radius 3 is 0.696 bits per heavy atom. The van der Waals surface area contributed by atoms with Gasteiger partial charge in [0.1, 0.15) is 11.8 Å². The van der Waals surface area contributed by atoms with Crippen molar-refractivity contribution in [3.8, 4) is 11.8 Å². The first-order valence-corrected chi connectivity index (χ1v) is 3.20. The predicted molar refractivity (Wildman–Crippen MR) is 52.6 cm³/mol. The van der Waals surface area contributed by atoms with E-state index in [1.165, 1.54) is 0 Å². The van der Waals surface area contributed by atoms with Crippen LogP contribution in [0.1, 0.15) is 6.92 Å². The van der Waals surface area contributed by atoms with Crippen molar-refractivity contribution in [2.24, 2.45) is 0 Å². The summed E-state index contributed by atoms with van der Waals surface area (Å²) in [5.74, 6) is 5.00. The molecule has 0 fully saturated rings. The smallest absolute Gasteiger partial charge is 0 e. The van der Waals surface area contributed by atoms with Gasteiger partial charge in [0.05, 0.1) is 13.8 Å². The summed E-state index contributed by atoms with van der Waals surface area (Å²) in [6, 6.07) is 0. The van der Waals surface area contributed by atoms with E-state index in [9.17, 15) is 17.3 Å². The van der Waals surface area contributed by atoms with E-state index in [0.29, 0.717) is 0 Å². The van der Waals surface area contributed by atoms with Gasteiger partial charge < -0.3 is 17.3 Å². The van der Waals surface area contributed by atoms with Crippen LogP contribution in [0.4, 0.5) is 17.3 Å². The molecule has 2 radical (unpaired) electrons. The van der Waals surface area contributed by atoms with Gasteiger partial charge in [-0.15, -0.1) is 0 Å². The van der Waals surface area contributed by atoms with Crippen molar-refractivity contribution >= 4 is 7.25 Å². The van der Waals surface area contributed by atoms with Gasteiger partial charge in [-0.25, -0.2) is 0 Å². The fraction of sp³-hybridized carbons (Fsp3) is 0.100. The van der Waals surface area contributed by atoms with Crippen molar-refractivity contribution in [3.05, 3.63) is 46.8 Å². The van der Waals surface area contributed by atoms with Gasteiger partial charge in [0.25, 0.3) is 0 Å². The van der Waals surface area contributed by atoms with Crippen molar-refractivity contribution in [1.82, 2.24) is 0 Å². The molecule has 0 atom stereocenters. The Morgan fingerprint density at radius 1 is 0.652 bits per heavy atom. The van der Waals surface area contributed by atoms with Crippen LogP contribution in [0.25, 0.3) is 0 Å². The van der Waals surface area contributed by atoms with Crippen LogP contribution >= 0.6 is 0 Å². The summed E-state index contributed by atoms with van der Waals surface area (Å²) in [4.78, 5) is 0. The van der Waals surface area contributed by atoms with Gasteiger partial charge in [0.2, 0.25) is 0 Å². The number of rotatable bonds is 0. The Kier molecular flexibility index (Phi) is 532. The normalized spacial score (nSPS) is 3.70. The van der Waals surface area contributed by atoms with E-state index in [-0.39, 0.29) is 33.6 Å². The van der Waals surface area contributed by atoms with E-state index in [4.69, 9.17) is 27.9 Å². The van der Waals surface area contributed by atoms with Gasteiger partial charge in [-0.3, -0.25) is 0 Å². The first kappa shape index (κ1) is 68.0. The van der Waals surface area contributed by atoms with Gasteiger partial charge in [-0.2, -0.15) is 0 Å². The minimum Gasteiger partial charge on any atom is 0 e. The van der Waals surface area contributed by atoms with E-state index in [0.717, 1.165) is 0 Å². The third-order valence-corrected chi connectivity index (χ3v) is 0.177. The van der Waals surface area contributed by atoms with Crippen LogP contribution in [0.15, 0.2) is 0 Å². The molecule has 0 aromatic heterocycles. The van der Waals surface area contributed by atoms with Crippen molar-refractivity contribution in [1.29, 1.82) is 0 Å². The van der Waals surface area contributed by atoms with Crippen LogP contribution < -0.4 is 0 Å². The second-order valence-electron chi connectivity index (χ2n) is 0.922. The maximum absolute atomic E-state index is 9.75. The second-order valence-corrected chi connectivity index (χ2v) is 0.922. The summed E-state index contributed by atoms with van der Waals surface area (Å²) in [5, 5.41) is 0. The van der Waals surface area contributed by atoms with Gasteiger partial charge in [-0.05, 0) is 0 Å². The van der Waals surface area contributed by atoms with E-state index in [1.54, 1.807) is 6.92 Å². The molecular formula is C10H5BCo2F4O6. The Balaban J connectivity index is -0.0000000108. The summed E-state index contributed by atoms with van der Waals surface area (Å²) >= 11 is 0. The summed E-state index contributed by atoms with van der Waals surface area (Å²) in [5.41, 5.74) is 0. The van der Waals surface area contributed by atoms with E-state index in [1.807, 2.05) is 0 Å². The molecule has 0 bridgehead atoms. The van der Waals surface area contributed by atoms with E-state index in [2.05, 4.69) is 58.7 Å². The Bertz CT molecular complexity index is 267. The average Bonchev–Trinajstić information content (AvgIpc) is 2.57. The zero-order chi connectivity index (χ0) is 19.9. The molecule has 6 nitrogen and oxygen atoms in total. The summed E-state index contributed by atoms with van der Waals surface area (Å²) < 4.78 is 84.0. The summed E-state index contributed by atoms with van der Waals surface area (Å²) in [6.45, 7) is 32.0. The molecule has 0 spiro atoms. The average molecular weight is 426 g/mol. The zero-order valence-corrected chi connectivity index (χ0v) is 13.0. The van der Waals surface area contributed by atoms with Gasteiger partial charge in [0.15, 0.2) is 0 Å². The molecule has 23 heavy (non-hydrogen) atoms. The minimum absolute atomic E-state index is 0. The molecule has 0 aromatic rings. The Labute approximate surface area is 152 Å². The molecule has 0 saturated heterocycles. The fourth-order valence-electron chi connectivity index (χ4n) is 0.